The summed E-state index contributed by atoms with van der Waals surface area (Å²) in [5.74, 6) is 7.32. The third-order valence-electron chi connectivity index (χ3n) is 3.25. The molecule has 0 unspecified atom stereocenters. The van der Waals surface area contributed by atoms with Crippen molar-refractivity contribution in [2.24, 2.45) is 0 Å². The number of rotatable bonds is 2. The Bertz CT molecular complexity index is 649. The zero-order valence-corrected chi connectivity index (χ0v) is 13.2. The smallest absolute Gasteiger partial charge is 0.119 e. The predicted molar refractivity (Wildman–Crippen MR) is 88.7 cm³/mol. The molecule has 0 aromatic heterocycles. The van der Waals surface area contributed by atoms with E-state index in [-0.39, 0.29) is 5.41 Å². The van der Waals surface area contributed by atoms with Crippen LogP contribution in [-0.2, 0) is 5.41 Å². The highest BCUT2D eigenvalue weighted by Gasteiger charge is 2.12. The number of ether oxygens (including phenoxy) is 1. The van der Waals surface area contributed by atoms with E-state index in [4.69, 9.17) is 4.74 Å². The molecule has 0 N–H and O–H groups in total. The zero-order valence-electron chi connectivity index (χ0n) is 13.2. The zero-order chi connectivity index (χ0) is 15.3. The minimum atomic E-state index is 0.150. The highest BCUT2D eigenvalue weighted by Crippen LogP contribution is 2.22. The van der Waals surface area contributed by atoms with Crippen LogP contribution in [0.25, 0.3) is 0 Å². The Morgan fingerprint density at radius 2 is 1.57 bits per heavy atom. The van der Waals surface area contributed by atoms with Gasteiger partial charge in [-0.1, -0.05) is 44.7 Å². The van der Waals surface area contributed by atoms with E-state index in [1.54, 1.807) is 0 Å². The van der Waals surface area contributed by atoms with Crippen LogP contribution >= 0.6 is 0 Å². The molecule has 0 amide bonds. The minimum absolute atomic E-state index is 0.150. The van der Waals surface area contributed by atoms with E-state index in [9.17, 15) is 0 Å². The second-order valence-electron chi connectivity index (χ2n) is 6.04. The van der Waals surface area contributed by atoms with Gasteiger partial charge in [-0.25, -0.2) is 0 Å². The van der Waals surface area contributed by atoms with Gasteiger partial charge in [0.15, 0.2) is 0 Å². The first-order valence-corrected chi connectivity index (χ1v) is 7.34. The maximum Gasteiger partial charge on any atom is 0.119 e. The standard InChI is InChI=1S/C20H22O/c1-5-21-19-13-11-16(12-14-19)9-10-17-7-6-8-18(15-17)20(2,3)4/h6-8,11-15H,5H2,1-4H3. The summed E-state index contributed by atoms with van der Waals surface area (Å²) >= 11 is 0. The van der Waals surface area contributed by atoms with Crippen LogP contribution in [-0.4, -0.2) is 6.61 Å². The van der Waals surface area contributed by atoms with Crippen LogP contribution in [0.15, 0.2) is 48.5 Å². The Labute approximate surface area is 128 Å². The second-order valence-corrected chi connectivity index (χ2v) is 6.04. The summed E-state index contributed by atoms with van der Waals surface area (Å²) in [7, 11) is 0. The quantitative estimate of drug-likeness (QED) is 0.718. The molecule has 0 heterocycles. The molecule has 2 aromatic rings. The molecular weight excluding hydrogens is 256 g/mol. The monoisotopic (exact) mass is 278 g/mol. The lowest BCUT2D eigenvalue weighted by molar-refractivity contribution is 0.340. The van der Waals surface area contributed by atoms with E-state index in [2.05, 4.69) is 56.9 Å². The van der Waals surface area contributed by atoms with Gasteiger partial charge in [-0.05, 0) is 54.3 Å². The molecule has 0 bridgehead atoms. The fourth-order valence-electron chi connectivity index (χ4n) is 2.01. The summed E-state index contributed by atoms with van der Waals surface area (Å²) in [5.41, 5.74) is 3.51. The third kappa shape index (κ3) is 4.39. The van der Waals surface area contributed by atoms with Crippen molar-refractivity contribution in [3.63, 3.8) is 0 Å². The number of hydrogen-bond acceptors (Lipinski definition) is 1. The lowest BCUT2D eigenvalue weighted by atomic mass is 9.86. The van der Waals surface area contributed by atoms with Crippen molar-refractivity contribution in [3.05, 3.63) is 65.2 Å². The molecule has 108 valence electrons. The van der Waals surface area contributed by atoms with Gasteiger partial charge in [-0.2, -0.15) is 0 Å². The lowest BCUT2D eigenvalue weighted by Gasteiger charge is -2.18. The van der Waals surface area contributed by atoms with Crippen molar-refractivity contribution in [1.82, 2.24) is 0 Å². The molecule has 0 aliphatic carbocycles. The molecule has 0 radical (unpaired) electrons. The average Bonchev–Trinajstić information content (AvgIpc) is 2.46. The summed E-state index contributed by atoms with van der Waals surface area (Å²) in [5, 5.41) is 0. The van der Waals surface area contributed by atoms with Gasteiger partial charge in [-0.3, -0.25) is 0 Å². The molecule has 0 atom stereocenters. The Morgan fingerprint density at radius 3 is 2.19 bits per heavy atom. The van der Waals surface area contributed by atoms with Crippen LogP contribution in [0.3, 0.4) is 0 Å². The van der Waals surface area contributed by atoms with E-state index < -0.39 is 0 Å². The number of hydrogen-bond donors (Lipinski definition) is 0. The topological polar surface area (TPSA) is 9.23 Å². The molecule has 0 saturated heterocycles. The summed E-state index contributed by atoms with van der Waals surface area (Å²) in [6.07, 6.45) is 0. The molecule has 0 fully saturated rings. The molecule has 1 nitrogen and oxygen atoms in total. The van der Waals surface area contributed by atoms with Gasteiger partial charge in [0.05, 0.1) is 6.61 Å². The van der Waals surface area contributed by atoms with Crippen LogP contribution in [0.1, 0.15) is 44.4 Å². The van der Waals surface area contributed by atoms with Crippen LogP contribution < -0.4 is 4.74 Å². The first kappa shape index (κ1) is 15.2. The summed E-state index contributed by atoms with van der Waals surface area (Å²) in [4.78, 5) is 0. The third-order valence-corrected chi connectivity index (χ3v) is 3.25. The van der Waals surface area contributed by atoms with Gasteiger partial charge in [0.1, 0.15) is 5.75 Å². The van der Waals surface area contributed by atoms with E-state index >= 15 is 0 Å². The van der Waals surface area contributed by atoms with Gasteiger partial charge in [0.2, 0.25) is 0 Å². The van der Waals surface area contributed by atoms with Crippen LogP contribution in [0.5, 0.6) is 5.75 Å². The van der Waals surface area contributed by atoms with E-state index in [0.29, 0.717) is 6.61 Å². The fraction of sp³-hybridized carbons (Fsp3) is 0.300. The van der Waals surface area contributed by atoms with Gasteiger partial charge in [0.25, 0.3) is 0 Å². The van der Waals surface area contributed by atoms with Crippen LogP contribution in [0.4, 0.5) is 0 Å². The van der Waals surface area contributed by atoms with Crippen LogP contribution in [0.2, 0.25) is 0 Å². The van der Waals surface area contributed by atoms with E-state index in [1.807, 2.05) is 31.2 Å². The first-order chi connectivity index (χ1) is 9.99. The molecule has 2 rings (SSSR count). The Kier molecular flexibility index (Phi) is 4.70. The fourth-order valence-corrected chi connectivity index (χ4v) is 2.01. The molecule has 0 aliphatic heterocycles. The summed E-state index contributed by atoms with van der Waals surface area (Å²) in [6.45, 7) is 9.31. The molecule has 0 saturated carbocycles. The predicted octanol–water partition coefficient (Wildman–Crippen LogP) is 4.78. The Morgan fingerprint density at radius 1 is 0.905 bits per heavy atom. The van der Waals surface area contributed by atoms with Gasteiger partial charge < -0.3 is 4.74 Å². The molecule has 0 spiro atoms. The Balaban J connectivity index is 2.19. The van der Waals surface area contributed by atoms with Crippen LogP contribution in [0, 0.1) is 11.8 Å². The maximum absolute atomic E-state index is 5.43. The van der Waals surface area contributed by atoms with Crippen molar-refractivity contribution in [2.45, 2.75) is 33.1 Å². The highest BCUT2D eigenvalue weighted by atomic mass is 16.5. The Hall–Kier alpha value is -2.20. The first-order valence-electron chi connectivity index (χ1n) is 7.34. The normalized spacial score (nSPS) is 10.7. The van der Waals surface area contributed by atoms with Gasteiger partial charge in [-0.15, -0.1) is 0 Å². The maximum atomic E-state index is 5.43. The average molecular weight is 278 g/mol. The van der Waals surface area contributed by atoms with Crippen molar-refractivity contribution >= 4 is 0 Å². The SMILES string of the molecule is CCOc1ccc(C#Cc2cccc(C(C)(C)C)c2)cc1. The van der Waals surface area contributed by atoms with Crippen molar-refractivity contribution in [1.29, 1.82) is 0 Å². The van der Waals surface area contributed by atoms with Gasteiger partial charge >= 0.3 is 0 Å². The van der Waals surface area contributed by atoms with Gasteiger partial charge in [0, 0.05) is 11.1 Å². The van der Waals surface area contributed by atoms with Crippen molar-refractivity contribution in [3.8, 4) is 17.6 Å². The highest BCUT2D eigenvalue weighted by molar-refractivity contribution is 5.45. The second kappa shape index (κ2) is 6.50. The van der Waals surface area contributed by atoms with E-state index in [0.717, 1.165) is 16.9 Å². The van der Waals surface area contributed by atoms with Crippen molar-refractivity contribution < 1.29 is 4.74 Å². The molecule has 2 aromatic carbocycles. The van der Waals surface area contributed by atoms with Crippen molar-refractivity contribution in [2.75, 3.05) is 6.61 Å². The summed E-state index contributed by atoms with van der Waals surface area (Å²) in [6, 6.07) is 16.3. The minimum Gasteiger partial charge on any atom is -0.494 e. The molecular formula is C20H22O. The molecule has 21 heavy (non-hydrogen) atoms. The largest absolute Gasteiger partial charge is 0.494 e. The molecule has 1 heteroatoms. The number of benzene rings is 2. The molecule has 0 aliphatic rings. The van der Waals surface area contributed by atoms with E-state index in [1.165, 1.54) is 5.56 Å². The lowest BCUT2D eigenvalue weighted by Crippen LogP contribution is -2.10. The summed E-state index contributed by atoms with van der Waals surface area (Å²) < 4.78 is 5.43.